The van der Waals surface area contributed by atoms with Crippen molar-refractivity contribution in [3.8, 4) is 0 Å². The normalized spacial score (nSPS) is 20.1. The number of rotatable bonds is 4. The van der Waals surface area contributed by atoms with Gasteiger partial charge in [0.1, 0.15) is 0 Å². The van der Waals surface area contributed by atoms with E-state index in [9.17, 15) is 0 Å². The molecule has 1 atom stereocenters. The highest BCUT2D eigenvalue weighted by molar-refractivity contribution is 5.23. The zero-order chi connectivity index (χ0) is 12.1. The number of likely N-dealkylation sites (N-methyl/N-ethyl adjacent to an activating group) is 1. The molecule has 0 amide bonds. The lowest BCUT2D eigenvalue weighted by molar-refractivity contribution is 0.151. The van der Waals surface area contributed by atoms with E-state index < -0.39 is 0 Å². The minimum atomic E-state index is 0.376. The Morgan fingerprint density at radius 3 is 2.53 bits per heavy atom. The third kappa shape index (κ3) is 3.94. The molecule has 0 bridgehead atoms. The molecule has 5 heteroatoms. The van der Waals surface area contributed by atoms with Crippen LogP contribution in [-0.4, -0.2) is 65.6 Å². The van der Waals surface area contributed by atoms with E-state index in [1.807, 2.05) is 6.07 Å². The summed E-state index contributed by atoms with van der Waals surface area (Å²) in [6.07, 6.45) is 3.52. The van der Waals surface area contributed by atoms with E-state index in [0.717, 1.165) is 32.7 Å². The maximum absolute atomic E-state index is 4.17. The van der Waals surface area contributed by atoms with Crippen LogP contribution in [-0.2, 0) is 0 Å². The molecule has 1 aliphatic heterocycles. The molecule has 1 fully saturated rings. The molecule has 0 radical (unpaired) electrons. The van der Waals surface area contributed by atoms with Crippen molar-refractivity contribution < 1.29 is 0 Å². The van der Waals surface area contributed by atoms with Crippen LogP contribution in [0.3, 0.4) is 0 Å². The molecule has 2 heterocycles. The molecule has 5 nitrogen and oxygen atoms in total. The predicted octanol–water partition coefficient (Wildman–Crippen LogP) is 0.524. The van der Waals surface area contributed by atoms with E-state index in [1.165, 1.54) is 0 Å². The van der Waals surface area contributed by atoms with Gasteiger partial charge in [0.05, 0.1) is 0 Å². The van der Waals surface area contributed by atoms with Gasteiger partial charge >= 0.3 is 0 Å². The fourth-order valence-electron chi connectivity index (χ4n) is 2.06. The highest BCUT2D eigenvalue weighted by atomic mass is 15.3. The summed E-state index contributed by atoms with van der Waals surface area (Å²) in [5.74, 6) is 0.717. The van der Waals surface area contributed by atoms with E-state index in [1.54, 1.807) is 12.4 Å². The summed E-state index contributed by atoms with van der Waals surface area (Å²) in [4.78, 5) is 13.2. The Kier molecular flexibility index (Phi) is 4.28. The van der Waals surface area contributed by atoms with Gasteiger partial charge in [-0.05, 0) is 20.0 Å². The molecular formula is C12H21N5. The fraction of sp³-hybridized carbons (Fsp3) is 0.667. The van der Waals surface area contributed by atoms with Crippen molar-refractivity contribution in [3.05, 3.63) is 18.5 Å². The lowest BCUT2D eigenvalue weighted by atomic mass is 10.2. The Morgan fingerprint density at radius 2 is 1.88 bits per heavy atom. The van der Waals surface area contributed by atoms with Crippen molar-refractivity contribution in [2.24, 2.45) is 0 Å². The van der Waals surface area contributed by atoms with Crippen LogP contribution in [0.15, 0.2) is 18.5 Å². The molecule has 0 spiro atoms. The van der Waals surface area contributed by atoms with Crippen LogP contribution in [0.5, 0.6) is 0 Å². The topological polar surface area (TPSA) is 44.3 Å². The Bertz CT molecular complexity index is 321. The van der Waals surface area contributed by atoms with Crippen LogP contribution >= 0.6 is 0 Å². The summed E-state index contributed by atoms with van der Waals surface area (Å²) in [7, 11) is 2.18. The van der Waals surface area contributed by atoms with Crippen LogP contribution < -0.4 is 5.32 Å². The first-order chi connectivity index (χ1) is 8.24. The quantitative estimate of drug-likeness (QED) is 0.824. The molecule has 0 aromatic carbocycles. The highest BCUT2D eigenvalue weighted by Gasteiger charge is 2.16. The molecule has 17 heavy (non-hydrogen) atoms. The SMILES string of the molecule is CC(CN1CCN(C)CC1)Nc1ncccn1. The Morgan fingerprint density at radius 1 is 1.24 bits per heavy atom. The molecule has 1 N–H and O–H groups in total. The van der Waals surface area contributed by atoms with Gasteiger partial charge in [0.15, 0.2) is 0 Å². The molecule has 1 saturated heterocycles. The molecule has 0 aliphatic carbocycles. The summed E-state index contributed by atoms with van der Waals surface area (Å²) in [5.41, 5.74) is 0. The van der Waals surface area contributed by atoms with Gasteiger partial charge in [-0.1, -0.05) is 0 Å². The molecule has 0 saturated carbocycles. The van der Waals surface area contributed by atoms with Gasteiger partial charge in [0.25, 0.3) is 0 Å². The summed E-state index contributed by atoms with van der Waals surface area (Å²) < 4.78 is 0. The second kappa shape index (κ2) is 5.93. The van der Waals surface area contributed by atoms with Gasteiger partial charge in [-0.2, -0.15) is 0 Å². The average molecular weight is 235 g/mol. The Labute approximate surface area is 103 Å². The Hall–Kier alpha value is -1.20. The number of aromatic nitrogens is 2. The van der Waals surface area contributed by atoms with E-state index in [-0.39, 0.29) is 0 Å². The first-order valence-corrected chi connectivity index (χ1v) is 6.18. The van der Waals surface area contributed by atoms with Crippen LogP contribution in [0, 0.1) is 0 Å². The molecule has 2 rings (SSSR count). The van der Waals surface area contributed by atoms with Gasteiger partial charge in [-0.15, -0.1) is 0 Å². The van der Waals surface area contributed by atoms with Crippen LogP contribution in [0.4, 0.5) is 5.95 Å². The number of hydrogen-bond acceptors (Lipinski definition) is 5. The van der Waals surface area contributed by atoms with Crippen molar-refractivity contribution >= 4 is 5.95 Å². The number of nitrogens with zero attached hydrogens (tertiary/aromatic N) is 4. The van der Waals surface area contributed by atoms with Gasteiger partial charge in [-0.25, -0.2) is 9.97 Å². The summed E-state index contributed by atoms with van der Waals surface area (Å²) in [6, 6.07) is 2.21. The number of nitrogens with one attached hydrogen (secondary N) is 1. The standard InChI is InChI=1S/C12H21N5/c1-11(15-12-13-4-3-5-14-12)10-17-8-6-16(2)7-9-17/h3-5,11H,6-10H2,1-2H3,(H,13,14,15). The van der Waals surface area contributed by atoms with Crippen LogP contribution in [0.1, 0.15) is 6.92 Å². The Balaban J connectivity index is 1.76. The van der Waals surface area contributed by atoms with Gasteiger partial charge in [0.2, 0.25) is 5.95 Å². The first kappa shape index (κ1) is 12.3. The van der Waals surface area contributed by atoms with Crippen molar-refractivity contribution in [1.29, 1.82) is 0 Å². The first-order valence-electron chi connectivity index (χ1n) is 6.18. The summed E-state index contributed by atoms with van der Waals surface area (Å²) >= 11 is 0. The van der Waals surface area contributed by atoms with E-state index in [2.05, 4.69) is 39.1 Å². The van der Waals surface area contributed by atoms with E-state index in [0.29, 0.717) is 12.0 Å². The van der Waals surface area contributed by atoms with Crippen molar-refractivity contribution in [2.75, 3.05) is 45.1 Å². The van der Waals surface area contributed by atoms with E-state index >= 15 is 0 Å². The molecule has 1 aromatic heterocycles. The molecule has 94 valence electrons. The summed E-state index contributed by atoms with van der Waals surface area (Å²) in [5, 5.41) is 3.32. The maximum Gasteiger partial charge on any atom is 0.222 e. The molecular weight excluding hydrogens is 214 g/mol. The zero-order valence-electron chi connectivity index (χ0n) is 10.6. The van der Waals surface area contributed by atoms with E-state index in [4.69, 9.17) is 0 Å². The second-order valence-electron chi connectivity index (χ2n) is 4.72. The van der Waals surface area contributed by atoms with Crippen LogP contribution in [0.2, 0.25) is 0 Å². The largest absolute Gasteiger partial charge is 0.350 e. The van der Waals surface area contributed by atoms with Gasteiger partial charge < -0.3 is 10.2 Å². The van der Waals surface area contributed by atoms with Gasteiger partial charge in [-0.3, -0.25) is 4.90 Å². The zero-order valence-corrected chi connectivity index (χ0v) is 10.6. The highest BCUT2D eigenvalue weighted by Crippen LogP contribution is 2.03. The molecule has 1 aliphatic rings. The lowest BCUT2D eigenvalue weighted by Gasteiger charge is -2.34. The van der Waals surface area contributed by atoms with Crippen LogP contribution in [0.25, 0.3) is 0 Å². The fourth-order valence-corrected chi connectivity index (χ4v) is 2.06. The number of anilines is 1. The molecule has 1 aromatic rings. The van der Waals surface area contributed by atoms with Crippen molar-refractivity contribution in [1.82, 2.24) is 19.8 Å². The third-order valence-electron chi connectivity index (χ3n) is 3.07. The van der Waals surface area contributed by atoms with Crippen molar-refractivity contribution in [3.63, 3.8) is 0 Å². The monoisotopic (exact) mass is 235 g/mol. The number of hydrogen-bond donors (Lipinski definition) is 1. The minimum Gasteiger partial charge on any atom is -0.350 e. The second-order valence-corrected chi connectivity index (χ2v) is 4.72. The smallest absolute Gasteiger partial charge is 0.222 e. The summed E-state index contributed by atoms with van der Waals surface area (Å²) in [6.45, 7) is 7.85. The van der Waals surface area contributed by atoms with Crippen molar-refractivity contribution in [2.45, 2.75) is 13.0 Å². The number of piperazine rings is 1. The maximum atomic E-state index is 4.17. The lowest BCUT2D eigenvalue weighted by Crippen LogP contribution is -2.47. The predicted molar refractivity (Wildman–Crippen MR) is 69.1 cm³/mol. The average Bonchev–Trinajstić information content (AvgIpc) is 2.33. The molecule has 1 unspecified atom stereocenters. The van der Waals surface area contributed by atoms with Gasteiger partial charge in [0, 0.05) is 51.2 Å². The minimum absolute atomic E-state index is 0.376. The third-order valence-corrected chi connectivity index (χ3v) is 3.07.